The molecular formula is C12H21N7O4. The van der Waals surface area contributed by atoms with Gasteiger partial charge in [0.1, 0.15) is 6.61 Å². The molecule has 3 saturated heterocycles. The highest BCUT2D eigenvalue weighted by Gasteiger charge is 2.70. The molecule has 0 aromatic carbocycles. The van der Waals surface area contributed by atoms with Crippen molar-refractivity contribution in [3.63, 3.8) is 0 Å². The van der Waals surface area contributed by atoms with Gasteiger partial charge in [-0.05, 0) is 0 Å². The summed E-state index contributed by atoms with van der Waals surface area (Å²) in [6.45, 7) is 0.166. The predicted molar refractivity (Wildman–Crippen MR) is 78.7 cm³/mol. The third-order valence-electron chi connectivity index (χ3n) is 4.53. The first kappa shape index (κ1) is 15.6. The molecular weight excluding hydrogens is 306 g/mol. The van der Waals surface area contributed by atoms with Crippen molar-refractivity contribution in [2.75, 3.05) is 27.2 Å². The van der Waals surface area contributed by atoms with E-state index in [2.05, 4.69) is 16.0 Å². The monoisotopic (exact) mass is 327 g/mol. The maximum absolute atomic E-state index is 11.6. The van der Waals surface area contributed by atoms with E-state index < -0.39 is 29.6 Å². The first-order valence-electron chi connectivity index (χ1n) is 7.24. The average molecular weight is 327 g/mol. The third kappa shape index (κ3) is 2.07. The standard InChI is InChI=1S/C12H21N7O4/c1-18(2)10(20)23-5-6-7-12(17-8(13)16-7)11(21,22)3-4-19(12)9(14)15-6/h6-7,21-22H,3-5H2,1-2H3,(H2,14,15)(H3,13,16,17)/t6-,7-,12-/m0/s1. The first-order valence-corrected chi connectivity index (χ1v) is 7.24. The van der Waals surface area contributed by atoms with Crippen LogP contribution in [0.25, 0.3) is 0 Å². The Balaban J connectivity index is 1.88. The van der Waals surface area contributed by atoms with E-state index in [9.17, 15) is 15.0 Å². The molecule has 7 N–H and O–H groups in total. The number of nitrogens with one attached hydrogen (secondary N) is 5. The summed E-state index contributed by atoms with van der Waals surface area (Å²) in [5.74, 6) is -2.22. The number of hydrogen-bond acceptors (Lipinski definition) is 6. The molecule has 1 spiro atoms. The average Bonchev–Trinajstić information content (AvgIpc) is 2.94. The Hall–Kier alpha value is -2.27. The van der Waals surface area contributed by atoms with Gasteiger partial charge in [0.05, 0.1) is 12.1 Å². The van der Waals surface area contributed by atoms with Crippen LogP contribution >= 0.6 is 0 Å². The van der Waals surface area contributed by atoms with Gasteiger partial charge in [0.25, 0.3) is 0 Å². The second kappa shape index (κ2) is 4.86. The minimum Gasteiger partial charge on any atom is -0.447 e. The minimum absolute atomic E-state index is 0.0128. The molecule has 3 fully saturated rings. The molecule has 0 aromatic rings. The first-order chi connectivity index (χ1) is 10.7. The van der Waals surface area contributed by atoms with Gasteiger partial charge in [-0.15, -0.1) is 0 Å². The van der Waals surface area contributed by atoms with Gasteiger partial charge in [0.2, 0.25) is 5.79 Å². The molecule has 1 amide bonds. The zero-order valence-corrected chi connectivity index (χ0v) is 12.9. The van der Waals surface area contributed by atoms with Crippen LogP contribution in [0.1, 0.15) is 6.42 Å². The molecule has 0 radical (unpaired) electrons. The summed E-state index contributed by atoms with van der Waals surface area (Å²) in [7, 11) is 3.10. The largest absolute Gasteiger partial charge is 0.447 e. The molecule has 128 valence electrons. The number of rotatable bonds is 2. The van der Waals surface area contributed by atoms with E-state index in [-0.39, 0.29) is 31.5 Å². The highest BCUT2D eigenvalue weighted by atomic mass is 16.6. The minimum atomic E-state index is -2.13. The highest BCUT2D eigenvalue weighted by molar-refractivity contribution is 5.87. The van der Waals surface area contributed by atoms with Crippen LogP contribution in [0.5, 0.6) is 0 Å². The van der Waals surface area contributed by atoms with Crippen molar-refractivity contribution >= 4 is 18.0 Å². The van der Waals surface area contributed by atoms with Crippen LogP contribution in [0.2, 0.25) is 0 Å². The normalized spacial score (nSPS) is 34.0. The molecule has 3 aliphatic heterocycles. The Morgan fingerprint density at radius 2 is 2.13 bits per heavy atom. The van der Waals surface area contributed by atoms with Crippen LogP contribution in [-0.2, 0) is 4.74 Å². The number of carbonyl (C=O) groups is 1. The molecule has 23 heavy (non-hydrogen) atoms. The quantitative estimate of drug-likeness (QED) is 0.267. The summed E-state index contributed by atoms with van der Waals surface area (Å²) in [6, 6.07) is -1.27. The molecule has 11 nitrogen and oxygen atoms in total. The molecule has 11 heteroatoms. The molecule has 0 aliphatic carbocycles. The zero-order chi connectivity index (χ0) is 17.0. The SMILES string of the molecule is CN(C)C(=O)OC[C@@H]1NC(=N)N2CCC(O)(O)[C@@]23NC(=N)N[C@@H]13. The van der Waals surface area contributed by atoms with E-state index in [4.69, 9.17) is 15.6 Å². The summed E-state index contributed by atoms with van der Waals surface area (Å²) in [5, 5.41) is 45.3. The lowest BCUT2D eigenvalue weighted by atomic mass is 9.86. The molecule has 3 atom stereocenters. The van der Waals surface area contributed by atoms with Gasteiger partial charge in [-0.3, -0.25) is 10.8 Å². The van der Waals surface area contributed by atoms with Gasteiger partial charge in [0.15, 0.2) is 17.6 Å². The maximum Gasteiger partial charge on any atom is 0.409 e. The Labute approximate surface area is 132 Å². The topological polar surface area (TPSA) is 157 Å². The summed E-state index contributed by atoms with van der Waals surface area (Å²) >= 11 is 0. The van der Waals surface area contributed by atoms with E-state index in [0.717, 1.165) is 0 Å². The smallest absolute Gasteiger partial charge is 0.409 e. The van der Waals surface area contributed by atoms with E-state index >= 15 is 0 Å². The number of nitrogens with zero attached hydrogens (tertiary/aromatic N) is 2. The van der Waals surface area contributed by atoms with Gasteiger partial charge in [-0.1, -0.05) is 0 Å². The van der Waals surface area contributed by atoms with Crippen LogP contribution in [0.4, 0.5) is 4.79 Å². The van der Waals surface area contributed by atoms with E-state index in [1.807, 2.05) is 0 Å². The van der Waals surface area contributed by atoms with Crippen molar-refractivity contribution < 1.29 is 19.7 Å². The summed E-state index contributed by atoms with van der Waals surface area (Å²) in [4.78, 5) is 14.4. The van der Waals surface area contributed by atoms with Gasteiger partial charge in [0, 0.05) is 27.1 Å². The lowest BCUT2D eigenvalue weighted by Gasteiger charge is -2.51. The van der Waals surface area contributed by atoms with Crippen LogP contribution in [0, 0.1) is 10.8 Å². The molecule has 0 unspecified atom stereocenters. The third-order valence-corrected chi connectivity index (χ3v) is 4.53. The molecule has 0 saturated carbocycles. The van der Waals surface area contributed by atoms with Crippen LogP contribution in [-0.4, -0.2) is 88.8 Å². The molecule has 3 aliphatic rings. The molecule has 3 rings (SSSR count). The number of hydrogen-bond donors (Lipinski definition) is 7. The van der Waals surface area contributed by atoms with Crippen molar-refractivity contribution in [3.05, 3.63) is 0 Å². The van der Waals surface area contributed by atoms with Gasteiger partial charge < -0.3 is 40.7 Å². The fourth-order valence-electron chi connectivity index (χ4n) is 3.44. The Bertz CT molecular complexity index is 566. The zero-order valence-electron chi connectivity index (χ0n) is 12.9. The number of ether oxygens (including phenoxy) is 1. The molecule has 0 bridgehead atoms. The fourth-order valence-corrected chi connectivity index (χ4v) is 3.44. The van der Waals surface area contributed by atoms with Gasteiger partial charge in [-0.25, -0.2) is 4.79 Å². The summed E-state index contributed by atoms with van der Waals surface area (Å²) < 4.78 is 5.16. The highest BCUT2D eigenvalue weighted by Crippen LogP contribution is 2.42. The number of carbonyl (C=O) groups excluding carboxylic acids is 1. The predicted octanol–water partition coefficient (Wildman–Crippen LogP) is -2.83. The van der Waals surface area contributed by atoms with E-state index in [1.165, 1.54) is 9.80 Å². The summed E-state index contributed by atoms with van der Waals surface area (Å²) in [5.41, 5.74) is -1.44. The van der Waals surface area contributed by atoms with Gasteiger partial charge in [-0.2, -0.15) is 0 Å². The van der Waals surface area contributed by atoms with Crippen LogP contribution in [0.3, 0.4) is 0 Å². The van der Waals surface area contributed by atoms with E-state index in [1.54, 1.807) is 14.1 Å². The van der Waals surface area contributed by atoms with Gasteiger partial charge >= 0.3 is 6.09 Å². The van der Waals surface area contributed by atoms with E-state index in [0.29, 0.717) is 0 Å². The Morgan fingerprint density at radius 1 is 1.43 bits per heavy atom. The number of aliphatic hydroxyl groups is 2. The number of amides is 1. The van der Waals surface area contributed by atoms with Crippen molar-refractivity contribution in [2.45, 2.75) is 30.0 Å². The Kier molecular flexibility index (Phi) is 3.30. The lowest BCUT2D eigenvalue weighted by molar-refractivity contribution is -0.223. The van der Waals surface area contributed by atoms with Crippen LogP contribution < -0.4 is 16.0 Å². The van der Waals surface area contributed by atoms with Crippen molar-refractivity contribution in [2.24, 2.45) is 0 Å². The van der Waals surface area contributed by atoms with Crippen LogP contribution in [0.15, 0.2) is 0 Å². The van der Waals surface area contributed by atoms with Crippen molar-refractivity contribution in [1.82, 2.24) is 25.8 Å². The lowest BCUT2D eigenvalue weighted by Crippen LogP contribution is -2.80. The second-order valence-corrected chi connectivity index (χ2v) is 6.18. The van der Waals surface area contributed by atoms with Crippen molar-refractivity contribution in [1.29, 1.82) is 10.8 Å². The second-order valence-electron chi connectivity index (χ2n) is 6.18. The Morgan fingerprint density at radius 3 is 2.78 bits per heavy atom. The number of guanidine groups is 2. The fraction of sp³-hybridized carbons (Fsp3) is 0.750. The maximum atomic E-state index is 11.6. The molecule has 3 heterocycles. The summed E-state index contributed by atoms with van der Waals surface area (Å²) in [6.07, 6.45) is -0.513. The molecule has 0 aromatic heterocycles. The van der Waals surface area contributed by atoms with Crippen molar-refractivity contribution in [3.8, 4) is 0 Å².